The summed E-state index contributed by atoms with van der Waals surface area (Å²) in [5.41, 5.74) is 4.05. The summed E-state index contributed by atoms with van der Waals surface area (Å²) in [4.78, 5) is 20.3. The van der Waals surface area contributed by atoms with E-state index in [2.05, 4.69) is 58.9 Å². The van der Waals surface area contributed by atoms with Crippen LogP contribution in [-0.4, -0.2) is 61.5 Å². The van der Waals surface area contributed by atoms with E-state index in [9.17, 15) is 4.79 Å². The number of benzene rings is 1. The largest absolute Gasteiger partial charge is 0.368 e. The smallest absolute Gasteiger partial charge is 0.225 e. The summed E-state index contributed by atoms with van der Waals surface area (Å²) in [6.07, 6.45) is 10.6. The van der Waals surface area contributed by atoms with Crippen molar-refractivity contribution in [3.63, 3.8) is 0 Å². The molecule has 0 aromatic heterocycles. The quantitative estimate of drug-likeness (QED) is 0.721. The number of hydrogen-bond donors (Lipinski definition) is 0. The maximum atomic E-state index is 13.1. The Morgan fingerprint density at radius 3 is 2.41 bits per heavy atom. The third-order valence-electron chi connectivity index (χ3n) is 7.34. The highest BCUT2D eigenvalue weighted by Crippen LogP contribution is 2.27. The number of anilines is 1. The van der Waals surface area contributed by atoms with Gasteiger partial charge in [0, 0.05) is 44.3 Å². The van der Waals surface area contributed by atoms with Crippen molar-refractivity contribution >= 4 is 11.6 Å². The fourth-order valence-electron chi connectivity index (χ4n) is 5.25. The lowest BCUT2D eigenvalue weighted by Crippen LogP contribution is -2.52. The van der Waals surface area contributed by atoms with Crippen molar-refractivity contribution in [2.45, 2.75) is 46.0 Å². The lowest BCUT2D eigenvalue weighted by molar-refractivity contribution is -0.137. The summed E-state index contributed by atoms with van der Waals surface area (Å²) < 4.78 is 0. The van der Waals surface area contributed by atoms with E-state index in [-0.39, 0.29) is 5.92 Å². The number of rotatable bonds is 4. The second kappa shape index (κ2) is 9.34. The van der Waals surface area contributed by atoms with E-state index in [0.717, 1.165) is 58.0 Å². The predicted molar refractivity (Wildman–Crippen MR) is 120 cm³/mol. The van der Waals surface area contributed by atoms with Gasteiger partial charge in [0.25, 0.3) is 0 Å². The molecule has 1 amide bonds. The van der Waals surface area contributed by atoms with Crippen molar-refractivity contribution in [1.82, 2.24) is 9.80 Å². The first kappa shape index (κ1) is 20.5. The van der Waals surface area contributed by atoms with Crippen LogP contribution in [-0.2, 0) is 4.79 Å². The molecule has 0 N–H and O–H groups in total. The Hall–Kier alpha value is -1.81. The standard InChI is InChI=1S/C25H37N3O/c1-20-7-6-10-24(21(20)2)27-15-17-28(18-16-27)25(29)23-11-13-26(14-12-23)19-22-8-4-3-5-9-22/h3-4,6-7,10,22-23H,5,8-9,11-19H2,1-2H3/t22-/m0/s1. The molecule has 2 aliphatic heterocycles. The van der Waals surface area contributed by atoms with Crippen LogP contribution in [0.5, 0.6) is 0 Å². The van der Waals surface area contributed by atoms with Gasteiger partial charge in [-0.2, -0.15) is 0 Å². The van der Waals surface area contributed by atoms with Crippen LogP contribution in [0.4, 0.5) is 5.69 Å². The van der Waals surface area contributed by atoms with Crippen molar-refractivity contribution in [1.29, 1.82) is 0 Å². The molecule has 29 heavy (non-hydrogen) atoms. The number of piperidine rings is 1. The minimum Gasteiger partial charge on any atom is -0.368 e. The van der Waals surface area contributed by atoms with Gasteiger partial charge in [-0.15, -0.1) is 0 Å². The van der Waals surface area contributed by atoms with E-state index in [0.29, 0.717) is 5.91 Å². The molecule has 158 valence electrons. The summed E-state index contributed by atoms with van der Waals surface area (Å²) in [7, 11) is 0. The summed E-state index contributed by atoms with van der Waals surface area (Å²) in [6.45, 7) is 11.4. The van der Waals surface area contributed by atoms with Crippen molar-refractivity contribution in [3.05, 3.63) is 41.5 Å². The molecule has 2 heterocycles. The van der Waals surface area contributed by atoms with Crippen LogP contribution in [0, 0.1) is 25.7 Å². The van der Waals surface area contributed by atoms with Crippen LogP contribution in [0.25, 0.3) is 0 Å². The van der Waals surface area contributed by atoms with Crippen molar-refractivity contribution < 1.29 is 4.79 Å². The first-order valence-corrected chi connectivity index (χ1v) is 11.6. The monoisotopic (exact) mass is 395 g/mol. The van der Waals surface area contributed by atoms with E-state index in [1.807, 2.05) is 0 Å². The molecule has 1 aromatic rings. The van der Waals surface area contributed by atoms with Gasteiger partial charge in [0.1, 0.15) is 0 Å². The summed E-state index contributed by atoms with van der Waals surface area (Å²) in [5, 5.41) is 0. The Morgan fingerprint density at radius 2 is 1.72 bits per heavy atom. The number of carbonyl (C=O) groups excluding carboxylic acids is 1. The van der Waals surface area contributed by atoms with Gasteiger partial charge >= 0.3 is 0 Å². The maximum absolute atomic E-state index is 13.1. The Morgan fingerprint density at radius 1 is 0.966 bits per heavy atom. The van der Waals surface area contributed by atoms with E-state index in [4.69, 9.17) is 0 Å². The van der Waals surface area contributed by atoms with Gasteiger partial charge in [0.05, 0.1) is 0 Å². The zero-order chi connectivity index (χ0) is 20.2. The van der Waals surface area contributed by atoms with Crippen molar-refractivity contribution in [2.24, 2.45) is 11.8 Å². The molecule has 0 spiro atoms. The second-order valence-electron chi connectivity index (χ2n) is 9.26. The third kappa shape index (κ3) is 4.85. The number of carbonyl (C=O) groups is 1. The molecule has 1 aliphatic carbocycles. The molecule has 2 fully saturated rings. The first-order valence-electron chi connectivity index (χ1n) is 11.6. The van der Waals surface area contributed by atoms with Gasteiger partial charge in [-0.1, -0.05) is 24.3 Å². The predicted octanol–water partition coefficient (Wildman–Crippen LogP) is 4.02. The highest BCUT2D eigenvalue weighted by molar-refractivity contribution is 5.79. The summed E-state index contributed by atoms with van der Waals surface area (Å²) in [6, 6.07) is 6.54. The van der Waals surface area contributed by atoms with Gasteiger partial charge < -0.3 is 14.7 Å². The molecule has 4 heteroatoms. The Labute approximate surface area is 176 Å². The van der Waals surface area contributed by atoms with Crippen LogP contribution in [0.15, 0.2) is 30.4 Å². The van der Waals surface area contributed by atoms with E-state index in [1.165, 1.54) is 42.6 Å². The molecular weight excluding hydrogens is 358 g/mol. The number of hydrogen-bond acceptors (Lipinski definition) is 3. The van der Waals surface area contributed by atoms with Gasteiger partial charge in [0.15, 0.2) is 0 Å². The van der Waals surface area contributed by atoms with Gasteiger partial charge in [-0.05, 0) is 82.2 Å². The molecule has 0 bridgehead atoms. The molecule has 1 aromatic carbocycles. The van der Waals surface area contributed by atoms with Crippen LogP contribution >= 0.6 is 0 Å². The number of nitrogens with zero attached hydrogens (tertiary/aromatic N) is 3. The fourth-order valence-corrected chi connectivity index (χ4v) is 5.25. The van der Waals surface area contributed by atoms with Gasteiger partial charge in [0.2, 0.25) is 5.91 Å². The lowest BCUT2D eigenvalue weighted by Gasteiger charge is -2.40. The highest BCUT2D eigenvalue weighted by atomic mass is 16.2. The number of allylic oxidation sites excluding steroid dienone is 2. The molecule has 4 rings (SSSR count). The number of likely N-dealkylation sites (tertiary alicyclic amines) is 1. The highest BCUT2D eigenvalue weighted by Gasteiger charge is 2.31. The van der Waals surface area contributed by atoms with E-state index >= 15 is 0 Å². The van der Waals surface area contributed by atoms with Gasteiger partial charge in [-0.25, -0.2) is 0 Å². The summed E-state index contributed by atoms with van der Waals surface area (Å²) in [5.74, 6) is 1.47. The molecule has 0 unspecified atom stereocenters. The lowest BCUT2D eigenvalue weighted by atomic mass is 9.91. The molecule has 0 radical (unpaired) electrons. The zero-order valence-electron chi connectivity index (χ0n) is 18.3. The van der Waals surface area contributed by atoms with Crippen molar-refractivity contribution in [3.8, 4) is 0 Å². The average molecular weight is 396 g/mol. The van der Waals surface area contributed by atoms with Gasteiger partial charge in [-0.3, -0.25) is 4.79 Å². The van der Waals surface area contributed by atoms with E-state index < -0.39 is 0 Å². The molecule has 4 nitrogen and oxygen atoms in total. The molecule has 2 saturated heterocycles. The molecular formula is C25H37N3O. The zero-order valence-corrected chi connectivity index (χ0v) is 18.3. The normalized spacial score (nSPS) is 24.1. The Balaban J connectivity index is 1.24. The molecule has 1 atom stereocenters. The first-order chi connectivity index (χ1) is 14.1. The number of aryl methyl sites for hydroxylation is 1. The minimum absolute atomic E-state index is 0.241. The summed E-state index contributed by atoms with van der Waals surface area (Å²) >= 11 is 0. The SMILES string of the molecule is Cc1cccc(N2CCN(C(=O)C3CCN(C[C@H]4CC=CCC4)CC3)CC2)c1C. The van der Waals surface area contributed by atoms with Crippen molar-refractivity contribution in [2.75, 3.05) is 50.7 Å². The maximum Gasteiger partial charge on any atom is 0.225 e. The Bertz CT molecular complexity index is 728. The van der Waals surface area contributed by atoms with Crippen LogP contribution < -0.4 is 4.90 Å². The fraction of sp³-hybridized carbons (Fsp3) is 0.640. The molecule has 0 saturated carbocycles. The molecule has 3 aliphatic rings. The topological polar surface area (TPSA) is 26.8 Å². The number of amides is 1. The van der Waals surface area contributed by atoms with Crippen LogP contribution in [0.2, 0.25) is 0 Å². The average Bonchev–Trinajstić information content (AvgIpc) is 2.77. The second-order valence-corrected chi connectivity index (χ2v) is 9.26. The number of piperazine rings is 1. The third-order valence-corrected chi connectivity index (χ3v) is 7.34. The van der Waals surface area contributed by atoms with Crippen LogP contribution in [0.1, 0.15) is 43.2 Å². The Kier molecular flexibility index (Phi) is 6.59. The van der Waals surface area contributed by atoms with Crippen LogP contribution in [0.3, 0.4) is 0 Å². The minimum atomic E-state index is 0.241. The van der Waals surface area contributed by atoms with E-state index in [1.54, 1.807) is 0 Å².